The summed E-state index contributed by atoms with van der Waals surface area (Å²) in [4.78, 5) is 0. The van der Waals surface area contributed by atoms with Crippen LogP contribution in [0.4, 0.5) is 5.69 Å². The van der Waals surface area contributed by atoms with Crippen LogP contribution < -0.4 is 10.0 Å². The molecule has 17 heavy (non-hydrogen) atoms. The number of benzene rings is 1. The van der Waals surface area contributed by atoms with Crippen molar-refractivity contribution in [3.63, 3.8) is 0 Å². The zero-order chi connectivity index (χ0) is 12.9. The van der Waals surface area contributed by atoms with Gasteiger partial charge in [-0.3, -0.25) is 0 Å². The van der Waals surface area contributed by atoms with Crippen molar-refractivity contribution in [1.82, 2.24) is 4.72 Å². The third-order valence-electron chi connectivity index (χ3n) is 1.91. The lowest BCUT2D eigenvalue weighted by atomic mass is 10.2. The number of nitrogens with one attached hydrogen (secondary N) is 2. The summed E-state index contributed by atoms with van der Waals surface area (Å²) < 4.78 is 23.9. The highest BCUT2D eigenvalue weighted by atomic mass is 35.5. The number of halogens is 1. The van der Waals surface area contributed by atoms with Crippen LogP contribution in [0.2, 0.25) is 5.02 Å². The molecule has 0 radical (unpaired) electrons. The molecule has 2 N–H and O–H groups in total. The van der Waals surface area contributed by atoms with Crippen LogP contribution >= 0.6 is 11.6 Å². The van der Waals surface area contributed by atoms with Gasteiger partial charge < -0.3 is 5.32 Å². The highest BCUT2D eigenvalue weighted by Crippen LogP contribution is 2.19. The zero-order valence-electron chi connectivity index (χ0n) is 9.20. The molecule has 0 saturated carbocycles. The fourth-order valence-electron chi connectivity index (χ4n) is 1.20. The average molecular weight is 274 g/mol. The fourth-order valence-corrected chi connectivity index (χ4v) is 1.84. The molecule has 5 nitrogen and oxygen atoms in total. The molecule has 0 bridgehead atoms. The van der Waals surface area contributed by atoms with Crippen molar-refractivity contribution in [3.8, 4) is 6.07 Å². The number of hydrogen-bond acceptors (Lipinski definition) is 4. The Hall–Kier alpha value is -1.29. The number of sulfonamides is 1. The standard InChI is InChI=1S/C10H12ClN3O2S/c1-17(15,16)14-5-4-13-10-3-2-9(11)6-8(10)7-12/h2-3,6,13-14H,4-5H2,1H3. The van der Waals surface area contributed by atoms with Gasteiger partial charge in [0.25, 0.3) is 0 Å². The van der Waals surface area contributed by atoms with Crippen molar-refractivity contribution < 1.29 is 8.42 Å². The van der Waals surface area contributed by atoms with E-state index in [4.69, 9.17) is 16.9 Å². The van der Waals surface area contributed by atoms with E-state index in [1.54, 1.807) is 18.2 Å². The summed E-state index contributed by atoms with van der Waals surface area (Å²) in [5, 5.41) is 12.3. The zero-order valence-corrected chi connectivity index (χ0v) is 10.8. The second-order valence-electron chi connectivity index (χ2n) is 3.39. The summed E-state index contributed by atoms with van der Waals surface area (Å²) in [7, 11) is -3.18. The van der Waals surface area contributed by atoms with Gasteiger partial charge in [0, 0.05) is 18.1 Å². The lowest BCUT2D eigenvalue weighted by molar-refractivity contribution is 0.589. The highest BCUT2D eigenvalue weighted by Gasteiger charge is 2.03. The molecule has 0 heterocycles. The molecule has 0 unspecified atom stereocenters. The number of hydrogen-bond donors (Lipinski definition) is 2. The van der Waals surface area contributed by atoms with Crippen molar-refractivity contribution in [1.29, 1.82) is 5.26 Å². The van der Waals surface area contributed by atoms with Crippen molar-refractivity contribution in [2.75, 3.05) is 24.7 Å². The average Bonchev–Trinajstić information content (AvgIpc) is 2.24. The van der Waals surface area contributed by atoms with Gasteiger partial charge in [-0.1, -0.05) is 11.6 Å². The van der Waals surface area contributed by atoms with Crippen molar-refractivity contribution >= 4 is 27.3 Å². The van der Waals surface area contributed by atoms with E-state index in [1.807, 2.05) is 6.07 Å². The second-order valence-corrected chi connectivity index (χ2v) is 5.66. The normalized spacial score (nSPS) is 10.9. The van der Waals surface area contributed by atoms with E-state index in [1.165, 1.54) is 0 Å². The molecule has 0 spiro atoms. The highest BCUT2D eigenvalue weighted by molar-refractivity contribution is 7.88. The number of anilines is 1. The largest absolute Gasteiger partial charge is 0.383 e. The molecule has 0 atom stereocenters. The van der Waals surface area contributed by atoms with Crippen LogP contribution in [0, 0.1) is 11.3 Å². The van der Waals surface area contributed by atoms with Crippen LogP contribution in [0.25, 0.3) is 0 Å². The van der Waals surface area contributed by atoms with E-state index in [0.717, 1.165) is 6.26 Å². The quantitative estimate of drug-likeness (QED) is 0.789. The Morgan fingerprint density at radius 1 is 1.41 bits per heavy atom. The number of rotatable bonds is 5. The lowest BCUT2D eigenvalue weighted by Gasteiger charge is -2.08. The summed E-state index contributed by atoms with van der Waals surface area (Å²) in [6, 6.07) is 6.90. The van der Waals surface area contributed by atoms with E-state index in [0.29, 0.717) is 22.8 Å². The van der Waals surface area contributed by atoms with Gasteiger partial charge in [-0.25, -0.2) is 13.1 Å². The van der Waals surface area contributed by atoms with Crippen molar-refractivity contribution in [3.05, 3.63) is 28.8 Å². The van der Waals surface area contributed by atoms with E-state index >= 15 is 0 Å². The van der Waals surface area contributed by atoms with Gasteiger partial charge in [0.05, 0.1) is 17.5 Å². The van der Waals surface area contributed by atoms with E-state index in [-0.39, 0.29) is 6.54 Å². The molecule has 92 valence electrons. The third kappa shape index (κ3) is 5.04. The third-order valence-corrected chi connectivity index (χ3v) is 2.87. The van der Waals surface area contributed by atoms with Gasteiger partial charge >= 0.3 is 0 Å². The molecule has 1 aromatic rings. The summed E-state index contributed by atoms with van der Waals surface area (Å²) in [5.41, 5.74) is 1.06. The minimum Gasteiger partial charge on any atom is -0.383 e. The molecule has 1 aromatic carbocycles. The molecule has 0 amide bonds. The molecule has 0 saturated heterocycles. The molecular formula is C10H12ClN3O2S. The van der Waals surface area contributed by atoms with E-state index in [9.17, 15) is 8.42 Å². The number of nitrogens with zero attached hydrogens (tertiary/aromatic N) is 1. The Kier molecular flexibility index (Phi) is 4.75. The van der Waals surface area contributed by atoms with Gasteiger partial charge in [-0.15, -0.1) is 0 Å². The van der Waals surface area contributed by atoms with Gasteiger partial charge in [-0.2, -0.15) is 5.26 Å². The van der Waals surface area contributed by atoms with Crippen LogP contribution in [0.1, 0.15) is 5.56 Å². The Labute approximate surface area is 105 Å². The summed E-state index contributed by atoms with van der Waals surface area (Å²) in [5.74, 6) is 0. The summed E-state index contributed by atoms with van der Waals surface area (Å²) in [6.45, 7) is 0.649. The van der Waals surface area contributed by atoms with Gasteiger partial charge in [-0.05, 0) is 18.2 Å². The maximum atomic E-state index is 10.8. The van der Waals surface area contributed by atoms with Crippen LogP contribution in [0.3, 0.4) is 0 Å². The maximum Gasteiger partial charge on any atom is 0.208 e. The molecule has 1 rings (SSSR count). The minimum atomic E-state index is -3.18. The first kappa shape index (κ1) is 13.8. The molecule has 0 aliphatic rings. The molecular weight excluding hydrogens is 262 g/mol. The maximum absolute atomic E-state index is 10.8. The molecule has 7 heteroatoms. The minimum absolute atomic E-state index is 0.256. The van der Waals surface area contributed by atoms with Gasteiger partial charge in [0.2, 0.25) is 10.0 Å². The monoisotopic (exact) mass is 273 g/mol. The molecule has 0 aliphatic carbocycles. The van der Waals surface area contributed by atoms with Crippen LogP contribution in [0.5, 0.6) is 0 Å². The van der Waals surface area contributed by atoms with Crippen LogP contribution in [0.15, 0.2) is 18.2 Å². The van der Waals surface area contributed by atoms with Gasteiger partial charge in [0.1, 0.15) is 6.07 Å². The predicted octanol–water partition coefficient (Wildman–Crippen LogP) is 1.17. The molecule has 0 fully saturated rings. The predicted molar refractivity (Wildman–Crippen MR) is 67.5 cm³/mol. The first-order valence-electron chi connectivity index (χ1n) is 4.80. The topological polar surface area (TPSA) is 82.0 Å². The smallest absolute Gasteiger partial charge is 0.208 e. The lowest BCUT2D eigenvalue weighted by Crippen LogP contribution is -2.27. The number of nitriles is 1. The Bertz CT molecular complexity index is 537. The van der Waals surface area contributed by atoms with Crippen molar-refractivity contribution in [2.24, 2.45) is 0 Å². The summed E-state index contributed by atoms with van der Waals surface area (Å²) in [6.07, 6.45) is 1.09. The molecule has 0 aliphatic heterocycles. The Balaban J connectivity index is 2.56. The van der Waals surface area contributed by atoms with Crippen LogP contribution in [-0.2, 0) is 10.0 Å². The Morgan fingerprint density at radius 2 is 2.12 bits per heavy atom. The Morgan fingerprint density at radius 3 is 2.71 bits per heavy atom. The van der Waals surface area contributed by atoms with E-state index < -0.39 is 10.0 Å². The van der Waals surface area contributed by atoms with E-state index in [2.05, 4.69) is 10.0 Å². The SMILES string of the molecule is CS(=O)(=O)NCCNc1ccc(Cl)cc1C#N. The molecule has 0 aromatic heterocycles. The van der Waals surface area contributed by atoms with Crippen molar-refractivity contribution in [2.45, 2.75) is 0 Å². The second kappa shape index (κ2) is 5.87. The van der Waals surface area contributed by atoms with Crippen LogP contribution in [-0.4, -0.2) is 27.8 Å². The first-order chi connectivity index (χ1) is 7.92. The fraction of sp³-hybridized carbons (Fsp3) is 0.300. The summed E-state index contributed by atoms with van der Waals surface area (Å²) >= 11 is 5.75. The first-order valence-corrected chi connectivity index (χ1v) is 7.07. The van der Waals surface area contributed by atoms with Gasteiger partial charge in [0.15, 0.2) is 0 Å².